The van der Waals surface area contributed by atoms with Crippen LogP contribution in [0.4, 0.5) is 0 Å². The molecule has 0 bridgehead atoms. The van der Waals surface area contributed by atoms with E-state index in [-0.39, 0.29) is 5.97 Å². The Bertz CT molecular complexity index is 1040. The zero-order valence-electron chi connectivity index (χ0n) is 19.1. The second-order valence-electron chi connectivity index (χ2n) is 7.07. The molecule has 3 aromatic rings. The molecular formula is C25H31BrClNO3. The van der Waals surface area contributed by atoms with Crippen molar-refractivity contribution in [2.24, 2.45) is 7.05 Å². The summed E-state index contributed by atoms with van der Waals surface area (Å²) < 4.78 is 14.1. The fourth-order valence-corrected chi connectivity index (χ4v) is 4.42. The first kappa shape index (κ1) is 25.3. The molecule has 0 aliphatic heterocycles. The first-order valence-electron chi connectivity index (χ1n) is 10.7. The predicted molar refractivity (Wildman–Crippen MR) is 133 cm³/mol. The summed E-state index contributed by atoms with van der Waals surface area (Å²) in [6, 6.07) is 9.92. The molecule has 168 valence electrons. The largest absolute Gasteiger partial charge is 0.494 e. The molecule has 0 N–H and O–H groups in total. The van der Waals surface area contributed by atoms with E-state index >= 15 is 0 Å². The number of ether oxygens (including phenoxy) is 2. The number of aryl methyl sites for hydroxylation is 4. The van der Waals surface area contributed by atoms with E-state index < -0.39 is 0 Å². The Balaban J connectivity index is 0.00000166. The van der Waals surface area contributed by atoms with Crippen molar-refractivity contribution >= 4 is 44.4 Å². The molecule has 4 nitrogen and oxygen atoms in total. The molecule has 0 saturated heterocycles. The van der Waals surface area contributed by atoms with E-state index in [2.05, 4.69) is 15.9 Å². The number of para-hydroxylation sites is 1. The molecule has 6 heteroatoms. The van der Waals surface area contributed by atoms with E-state index in [1.807, 2.05) is 76.6 Å². The van der Waals surface area contributed by atoms with Crippen LogP contribution in [0.15, 0.2) is 34.8 Å². The Kier molecular flexibility index (Phi) is 9.45. The smallest absolute Gasteiger partial charge is 0.355 e. The fraction of sp³-hybridized carbons (Fsp3) is 0.400. The third-order valence-electron chi connectivity index (χ3n) is 4.99. The van der Waals surface area contributed by atoms with E-state index in [1.165, 1.54) is 0 Å². The van der Waals surface area contributed by atoms with Gasteiger partial charge >= 0.3 is 5.97 Å². The quantitative estimate of drug-likeness (QED) is 0.246. The van der Waals surface area contributed by atoms with Crippen LogP contribution in [0.1, 0.15) is 54.4 Å². The highest BCUT2D eigenvalue weighted by atomic mass is 79.9. The molecule has 3 rings (SSSR count). The summed E-state index contributed by atoms with van der Waals surface area (Å²) in [4.78, 5) is 12.6. The fourth-order valence-electron chi connectivity index (χ4n) is 3.68. The summed E-state index contributed by atoms with van der Waals surface area (Å²) in [5.41, 5.74) is 4.60. The zero-order valence-corrected chi connectivity index (χ0v) is 21.5. The number of halogens is 2. The molecule has 0 saturated carbocycles. The van der Waals surface area contributed by atoms with Gasteiger partial charge in [-0.05, 0) is 84.4 Å². The SMILES string of the molecule is CC.CCOC(=O)c1c(CCCOc2cc(C)c(Cl)c(C)c2)c2cccc(Br)c2n1C. The first-order chi connectivity index (χ1) is 14.8. The number of carbonyl (C=O) groups excluding carboxylic acids is 1. The van der Waals surface area contributed by atoms with Crippen LogP contribution in [0, 0.1) is 13.8 Å². The lowest BCUT2D eigenvalue weighted by atomic mass is 10.1. The number of esters is 1. The van der Waals surface area contributed by atoms with Crippen LogP contribution in [-0.4, -0.2) is 23.8 Å². The van der Waals surface area contributed by atoms with Crippen LogP contribution in [0.25, 0.3) is 10.9 Å². The maximum absolute atomic E-state index is 12.6. The minimum Gasteiger partial charge on any atom is -0.494 e. The number of aromatic nitrogens is 1. The van der Waals surface area contributed by atoms with Gasteiger partial charge in [-0.15, -0.1) is 0 Å². The lowest BCUT2D eigenvalue weighted by Gasteiger charge is -2.11. The number of benzene rings is 2. The van der Waals surface area contributed by atoms with Crippen molar-refractivity contribution in [2.75, 3.05) is 13.2 Å². The molecular weight excluding hydrogens is 478 g/mol. The Labute approximate surface area is 198 Å². The number of rotatable bonds is 7. The van der Waals surface area contributed by atoms with Gasteiger partial charge in [0.05, 0.1) is 18.7 Å². The van der Waals surface area contributed by atoms with Gasteiger partial charge in [-0.2, -0.15) is 0 Å². The van der Waals surface area contributed by atoms with Crippen molar-refractivity contribution in [1.29, 1.82) is 0 Å². The molecule has 0 atom stereocenters. The van der Waals surface area contributed by atoms with Crippen LogP contribution in [0.3, 0.4) is 0 Å². The van der Waals surface area contributed by atoms with Crippen molar-refractivity contribution in [3.05, 3.63) is 62.2 Å². The molecule has 1 heterocycles. The van der Waals surface area contributed by atoms with Gasteiger partial charge in [-0.1, -0.05) is 37.6 Å². The van der Waals surface area contributed by atoms with Gasteiger partial charge in [0.1, 0.15) is 11.4 Å². The van der Waals surface area contributed by atoms with Gasteiger partial charge in [0.15, 0.2) is 0 Å². The number of hydrogen-bond donors (Lipinski definition) is 0. The minimum absolute atomic E-state index is 0.294. The van der Waals surface area contributed by atoms with Crippen molar-refractivity contribution in [3.8, 4) is 5.75 Å². The monoisotopic (exact) mass is 507 g/mol. The van der Waals surface area contributed by atoms with E-state index in [0.717, 1.165) is 49.3 Å². The standard InChI is InChI=1S/C23H25BrClNO3.C2H6/c1-5-28-23(27)22-18(17-8-6-10-19(24)21(17)26(22)4)9-7-11-29-16-12-14(2)20(25)15(3)13-16;1-2/h6,8,10,12-13H,5,7,9,11H2,1-4H3;1-2H3. The average molecular weight is 509 g/mol. The van der Waals surface area contributed by atoms with Gasteiger partial charge < -0.3 is 14.0 Å². The molecule has 0 spiro atoms. The minimum atomic E-state index is -0.294. The maximum Gasteiger partial charge on any atom is 0.355 e. The normalized spacial score (nSPS) is 10.6. The van der Waals surface area contributed by atoms with E-state index in [0.29, 0.717) is 25.3 Å². The van der Waals surface area contributed by atoms with E-state index in [4.69, 9.17) is 21.1 Å². The zero-order chi connectivity index (χ0) is 23.1. The van der Waals surface area contributed by atoms with Crippen LogP contribution in [-0.2, 0) is 18.2 Å². The third-order valence-corrected chi connectivity index (χ3v) is 6.22. The molecule has 0 amide bonds. The Morgan fingerprint density at radius 3 is 2.42 bits per heavy atom. The topological polar surface area (TPSA) is 40.5 Å². The van der Waals surface area contributed by atoms with Crippen LogP contribution >= 0.6 is 27.5 Å². The summed E-state index contributed by atoms with van der Waals surface area (Å²) >= 11 is 9.84. The maximum atomic E-state index is 12.6. The number of nitrogens with zero attached hydrogens (tertiary/aromatic N) is 1. The van der Waals surface area contributed by atoms with Gasteiger partial charge in [0, 0.05) is 21.9 Å². The van der Waals surface area contributed by atoms with Gasteiger partial charge in [0.25, 0.3) is 0 Å². The second kappa shape index (κ2) is 11.6. The lowest BCUT2D eigenvalue weighted by molar-refractivity contribution is 0.0514. The van der Waals surface area contributed by atoms with Crippen molar-refractivity contribution < 1.29 is 14.3 Å². The number of hydrogen-bond acceptors (Lipinski definition) is 3. The van der Waals surface area contributed by atoms with Gasteiger partial charge in [-0.25, -0.2) is 4.79 Å². The highest BCUT2D eigenvalue weighted by Crippen LogP contribution is 2.32. The van der Waals surface area contributed by atoms with Gasteiger partial charge in [0.2, 0.25) is 0 Å². The number of fused-ring (bicyclic) bond motifs is 1. The molecule has 0 aliphatic rings. The Morgan fingerprint density at radius 1 is 1.16 bits per heavy atom. The predicted octanol–water partition coefficient (Wildman–Crippen LogP) is 7.43. The lowest BCUT2D eigenvalue weighted by Crippen LogP contribution is -2.12. The molecule has 0 radical (unpaired) electrons. The van der Waals surface area contributed by atoms with Crippen LogP contribution < -0.4 is 4.74 Å². The average Bonchev–Trinajstić information content (AvgIpc) is 3.04. The van der Waals surface area contributed by atoms with Gasteiger partial charge in [-0.3, -0.25) is 0 Å². The molecule has 31 heavy (non-hydrogen) atoms. The highest BCUT2D eigenvalue weighted by Gasteiger charge is 2.23. The Hall–Kier alpha value is -1.98. The summed E-state index contributed by atoms with van der Waals surface area (Å²) in [6.07, 6.45) is 1.49. The highest BCUT2D eigenvalue weighted by molar-refractivity contribution is 9.10. The molecule has 2 aromatic carbocycles. The molecule has 0 aliphatic carbocycles. The summed E-state index contributed by atoms with van der Waals surface area (Å²) in [5, 5.41) is 1.83. The molecule has 0 fully saturated rings. The van der Waals surface area contributed by atoms with Crippen LogP contribution in [0.5, 0.6) is 5.75 Å². The third kappa shape index (κ3) is 5.64. The van der Waals surface area contributed by atoms with Crippen LogP contribution in [0.2, 0.25) is 5.02 Å². The first-order valence-corrected chi connectivity index (χ1v) is 11.8. The summed E-state index contributed by atoms with van der Waals surface area (Å²) in [5.74, 6) is 0.522. The second-order valence-corrected chi connectivity index (χ2v) is 8.30. The van der Waals surface area contributed by atoms with E-state index in [1.54, 1.807) is 0 Å². The van der Waals surface area contributed by atoms with Crippen molar-refractivity contribution in [3.63, 3.8) is 0 Å². The Morgan fingerprint density at radius 2 is 1.81 bits per heavy atom. The van der Waals surface area contributed by atoms with E-state index in [9.17, 15) is 4.79 Å². The van der Waals surface area contributed by atoms with Crippen molar-refractivity contribution in [1.82, 2.24) is 4.57 Å². The van der Waals surface area contributed by atoms with Crippen molar-refractivity contribution in [2.45, 2.75) is 47.5 Å². The molecule has 0 unspecified atom stereocenters. The summed E-state index contributed by atoms with van der Waals surface area (Å²) in [7, 11) is 1.90. The summed E-state index contributed by atoms with van der Waals surface area (Å²) in [6.45, 7) is 10.7. The number of carbonyl (C=O) groups is 1. The molecule has 1 aromatic heterocycles.